The monoisotopic (exact) mass is 290 g/mol. The van der Waals surface area contributed by atoms with E-state index in [1.54, 1.807) is 24.3 Å². The number of rotatable bonds is 4. The smallest absolute Gasteiger partial charge is 0.211 e. The summed E-state index contributed by atoms with van der Waals surface area (Å²) in [6.45, 7) is 0. The molecule has 0 saturated carbocycles. The summed E-state index contributed by atoms with van der Waals surface area (Å²) in [6, 6.07) is 9.69. The maximum absolute atomic E-state index is 13.1. The fourth-order valence-corrected chi connectivity index (χ4v) is 1.55. The number of guanidine groups is 1. The Morgan fingerprint density at radius 2 is 1.71 bits per heavy atom. The van der Waals surface area contributed by atoms with Gasteiger partial charge in [-0.25, -0.2) is 8.78 Å². The number of hydrogen-bond donors (Lipinski definition) is 2. The van der Waals surface area contributed by atoms with E-state index in [1.807, 2.05) is 0 Å². The van der Waals surface area contributed by atoms with Gasteiger partial charge < -0.3 is 16.2 Å². The maximum Gasteiger partial charge on any atom is 0.211 e. The van der Waals surface area contributed by atoms with Crippen molar-refractivity contribution < 1.29 is 13.5 Å². The maximum atomic E-state index is 13.1. The number of benzene rings is 2. The second kappa shape index (κ2) is 6.47. The highest BCUT2D eigenvalue weighted by atomic mass is 19.1. The second-order valence-electron chi connectivity index (χ2n) is 4.01. The number of hydrogen-bond acceptors (Lipinski definition) is 3. The van der Waals surface area contributed by atoms with Crippen molar-refractivity contribution in [1.82, 2.24) is 0 Å². The van der Waals surface area contributed by atoms with Gasteiger partial charge in [-0.1, -0.05) is 12.1 Å². The Balaban J connectivity index is 2.28. The SMILES string of the molecule is NC(N)=NN=Cc1ccccc1Oc1cc(F)cc(F)c1. The van der Waals surface area contributed by atoms with E-state index < -0.39 is 11.6 Å². The Morgan fingerprint density at radius 3 is 2.38 bits per heavy atom. The Morgan fingerprint density at radius 1 is 1.05 bits per heavy atom. The van der Waals surface area contributed by atoms with Crippen LogP contribution in [0.2, 0.25) is 0 Å². The number of para-hydroxylation sites is 1. The van der Waals surface area contributed by atoms with Crippen LogP contribution >= 0.6 is 0 Å². The molecule has 0 aliphatic carbocycles. The lowest BCUT2D eigenvalue weighted by Crippen LogP contribution is -2.21. The predicted octanol–water partition coefficient (Wildman–Crippen LogP) is 2.36. The highest BCUT2D eigenvalue weighted by Gasteiger charge is 2.05. The van der Waals surface area contributed by atoms with Gasteiger partial charge in [0, 0.05) is 23.8 Å². The highest BCUT2D eigenvalue weighted by Crippen LogP contribution is 2.25. The molecule has 0 bridgehead atoms. The van der Waals surface area contributed by atoms with Crippen LogP contribution in [0.25, 0.3) is 0 Å². The molecule has 0 aliphatic heterocycles. The van der Waals surface area contributed by atoms with Gasteiger partial charge in [-0.2, -0.15) is 5.10 Å². The molecule has 0 amide bonds. The summed E-state index contributed by atoms with van der Waals surface area (Å²) in [6.07, 6.45) is 1.37. The predicted molar refractivity (Wildman–Crippen MR) is 76.3 cm³/mol. The van der Waals surface area contributed by atoms with E-state index in [2.05, 4.69) is 10.2 Å². The first-order valence-corrected chi connectivity index (χ1v) is 5.89. The van der Waals surface area contributed by atoms with Crippen LogP contribution < -0.4 is 16.2 Å². The van der Waals surface area contributed by atoms with Crippen molar-refractivity contribution in [3.8, 4) is 11.5 Å². The minimum Gasteiger partial charge on any atom is -0.456 e. The fraction of sp³-hybridized carbons (Fsp3) is 0. The molecule has 0 radical (unpaired) electrons. The Hall–Kier alpha value is -2.96. The number of ether oxygens (including phenoxy) is 1. The molecule has 0 atom stereocenters. The van der Waals surface area contributed by atoms with Crippen molar-refractivity contribution in [3.05, 3.63) is 59.7 Å². The first-order chi connectivity index (χ1) is 10.0. The second-order valence-corrected chi connectivity index (χ2v) is 4.01. The quantitative estimate of drug-likeness (QED) is 0.515. The summed E-state index contributed by atoms with van der Waals surface area (Å²) in [5, 5.41) is 7.13. The van der Waals surface area contributed by atoms with Crippen molar-refractivity contribution in [1.29, 1.82) is 0 Å². The summed E-state index contributed by atoms with van der Waals surface area (Å²) < 4.78 is 31.7. The number of nitrogens with two attached hydrogens (primary N) is 2. The average Bonchev–Trinajstić information content (AvgIpc) is 2.39. The lowest BCUT2D eigenvalue weighted by Gasteiger charge is -2.08. The zero-order valence-electron chi connectivity index (χ0n) is 10.8. The molecule has 2 aromatic carbocycles. The van der Waals surface area contributed by atoms with Gasteiger partial charge in [0.15, 0.2) is 0 Å². The van der Waals surface area contributed by atoms with E-state index in [9.17, 15) is 8.78 Å². The molecular formula is C14H12F2N4O. The molecule has 0 aromatic heterocycles. The largest absolute Gasteiger partial charge is 0.456 e. The third kappa shape index (κ3) is 4.27. The molecule has 2 rings (SSSR count). The van der Waals surface area contributed by atoms with E-state index >= 15 is 0 Å². The summed E-state index contributed by atoms with van der Waals surface area (Å²) in [5.41, 5.74) is 10.9. The fourth-order valence-electron chi connectivity index (χ4n) is 1.55. The van der Waals surface area contributed by atoms with Gasteiger partial charge >= 0.3 is 0 Å². The van der Waals surface area contributed by atoms with Gasteiger partial charge in [0.1, 0.15) is 23.1 Å². The van der Waals surface area contributed by atoms with Crippen LogP contribution in [0.5, 0.6) is 11.5 Å². The minimum atomic E-state index is -0.725. The van der Waals surface area contributed by atoms with Crippen LogP contribution in [0.3, 0.4) is 0 Å². The van der Waals surface area contributed by atoms with E-state index in [4.69, 9.17) is 16.2 Å². The van der Waals surface area contributed by atoms with Crippen LogP contribution in [0.15, 0.2) is 52.7 Å². The zero-order valence-corrected chi connectivity index (χ0v) is 10.8. The molecule has 0 saturated heterocycles. The highest BCUT2D eigenvalue weighted by molar-refractivity contribution is 5.84. The Labute approximate surface area is 119 Å². The lowest BCUT2D eigenvalue weighted by molar-refractivity contribution is 0.467. The van der Waals surface area contributed by atoms with E-state index in [-0.39, 0.29) is 11.7 Å². The van der Waals surface area contributed by atoms with Gasteiger partial charge in [0.2, 0.25) is 5.96 Å². The molecule has 7 heteroatoms. The molecule has 108 valence electrons. The van der Waals surface area contributed by atoms with Crippen molar-refractivity contribution in [2.75, 3.05) is 0 Å². The number of nitrogens with zero attached hydrogens (tertiary/aromatic N) is 2. The van der Waals surface area contributed by atoms with E-state index in [1.165, 1.54) is 6.21 Å². The molecule has 4 N–H and O–H groups in total. The van der Waals surface area contributed by atoms with Crippen LogP contribution in [0, 0.1) is 11.6 Å². The average molecular weight is 290 g/mol. The van der Waals surface area contributed by atoms with Crippen LogP contribution in [-0.4, -0.2) is 12.2 Å². The summed E-state index contributed by atoms with van der Waals surface area (Å²) in [5.74, 6) is -1.24. The molecule has 5 nitrogen and oxygen atoms in total. The summed E-state index contributed by atoms with van der Waals surface area (Å²) >= 11 is 0. The van der Waals surface area contributed by atoms with Crippen molar-refractivity contribution in [3.63, 3.8) is 0 Å². The molecule has 0 spiro atoms. The molecular weight excluding hydrogens is 278 g/mol. The van der Waals surface area contributed by atoms with Gasteiger partial charge in [0.05, 0.1) is 6.21 Å². The Bertz CT molecular complexity index is 677. The van der Waals surface area contributed by atoms with Crippen LogP contribution in [0.4, 0.5) is 8.78 Å². The summed E-state index contributed by atoms with van der Waals surface area (Å²) in [4.78, 5) is 0. The van der Waals surface area contributed by atoms with Crippen LogP contribution in [0.1, 0.15) is 5.56 Å². The lowest BCUT2D eigenvalue weighted by atomic mass is 10.2. The minimum absolute atomic E-state index is 0.0372. The zero-order chi connectivity index (χ0) is 15.2. The molecule has 21 heavy (non-hydrogen) atoms. The number of halogens is 2. The van der Waals surface area contributed by atoms with Gasteiger partial charge in [0.25, 0.3) is 0 Å². The van der Waals surface area contributed by atoms with E-state index in [0.29, 0.717) is 11.3 Å². The summed E-state index contributed by atoms with van der Waals surface area (Å²) in [7, 11) is 0. The molecule has 0 heterocycles. The third-order valence-electron chi connectivity index (χ3n) is 2.35. The van der Waals surface area contributed by atoms with Gasteiger partial charge in [-0.15, -0.1) is 5.10 Å². The van der Waals surface area contributed by atoms with Gasteiger partial charge in [-0.05, 0) is 12.1 Å². The third-order valence-corrected chi connectivity index (χ3v) is 2.35. The Kier molecular flexibility index (Phi) is 4.45. The normalized spacial score (nSPS) is 10.6. The van der Waals surface area contributed by atoms with Crippen molar-refractivity contribution in [2.45, 2.75) is 0 Å². The molecule has 0 aliphatic rings. The topological polar surface area (TPSA) is 86.0 Å². The first-order valence-electron chi connectivity index (χ1n) is 5.89. The van der Waals surface area contributed by atoms with Crippen molar-refractivity contribution in [2.24, 2.45) is 21.7 Å². The van der Waals surface area contributed by atoms with Gasteiger partial charge in [-0.3, -0.25) is 0 Å². The van der Waals surface area contributed by atoms with Crippen LogP contribution in [-0.2, 0) is 0 Å². The van der Waals surface area contributed by atoms with Crippen molar-refractivity contribution >= 4 is 12.2 Å². The van der Waals surface area contributed by atoms with E-state index in [0.717, 1.165) is 18.2 Å². The molecule has 2 aromatic rings. The molecule has 0 unspecified atom stereocenters. The first kappa shape index (κ1) is 14.4. The molecule has 0 fully saturated rings. The standard InChI is InChI=1S/C14H12F2N4O/c15-10-5-11(16)7-12(6-10)21-13-4-2-1-3-9(13)8-19-20-14(17)18/h1-8H,(H4,17,18,20).